The average molecular weight is 351 g/mol. The normalized spacial score (nSPS) is 10.3. The number of ether oxygens (including phenoxy) is 1. The van der Waals surface area contributed by atoms with Gasteiger partial charge in [-0.2, -0.15) is 5.10 Å². The van der Waals surface area contributed by atoms with E-state index in [0.717, 1.165) is 0 Å². The molecule has 8 heteroatoms. The second-order valence-corrected chi connectivity index (χ2v) is 5.65. The zero-order valence-electron chi connectivity index (χ0n) is 13.7. The van der Waals surface area contributed by atoms with E-state index in [1.807, 2.05) is 6.92 Å². The van der Waals surface area contributed by atoms with Crippen LogP contribution in [0.4, 0.5) is 5.69 Å². The Morgan fingerprint density at radius 3 is 2.54 bits per heavy atom. The van der Waals surface area contributed by atoms with Crippen LogP contribution in [0, 0.1) is 0 Å². The Kier molecular flexibility index (Phi) is 5.81. The molecule has 0 aliphatic rings. The highest BCUT2D eigenvalue weighted by atomic mass is 35.5. The van der Waals surface area contributed by atoms with Gasteiger partial charge >= 0.3 is 0 Å². The molecule has 0 aliphatic heterocycles. The standard InChI is InChI=1S/C16H19ClN4O3/c1-4-21-15(16(23)20(2)3)13(9-18-21)19-14(22)10-24-12-7-5-11(17)6-8-12/h5-9H,4,10H2,1-3H3,(H,19,22). The molecule has 0 spiro atoms. The van der Waals surface area contributed by atoms with Crippen molar-refractivity contribution in [2.45, 2.75) is 13.5 Å². The number of hydrogen-bond acceptors (Lipinski definition) is 4. The van der Waals surface area contributed by atoms with Gasteiger partial charge in [-0.1, -0.05) is 11.6 Å². The lowest BCUT2D eigenvalue weighted by atomic mass is 10.3. The first-order valence-corrected chi connectivity index (χ1v) is 7.75. The third-order valence-electron chi connectivity index (χ3n) is 3.21. The Bertz CT molecular complexity index is 725. The van der Waals surface area contributed by atoms with E-state index >= 15 is 0 Å². The maximum atomic E-state index is 12.3. The molecule has 7 nitrogen and oxygen atoms in total. The molecule has 1 aromatic carbocycles. The summed E-state index contributed by atoms with van der Waals surface area (Å²) in [6.45, 7) is 2.20. The molecule has 0 saturated carbocycles. The number of rotatable bonds is 6. The summed E-state index contributed by atoms with van der Waals surface area (Å²) in [4.78, 5) is 25.8. The lowest BCUT2D eigenvalue weighted by molar-refractivity contribution is -0.118. The SMILES string of the molecule is CCn1ncc(NC(=O)COc2ccc(Cl)cc2)c1C(=O)N(C)C. The molecule has 0 fully saturated rings. The van der Waals surface area contributed by atoms with Gasteiger partial charge in [-0.3, -0.25) is 14.3 Å². The number of amides is 2. The summed E-state index contributed by atoms with van der Waals surface area (Å²) in [6.07, 6.45) is 1.46. The molecule has 2 amide bonds. The smallest absolute Gasteiger partial charge is 0.273 e. The summed E-state index contributed by atoms with van der Waals surface area (Å²) >= 11 is 5.79. The van der Waals surface area contributed by atoms with Crippen LogP contribution in [0.2, 0.25) is 5.02 Å². The Balaban J connectivity index is 2.04. The molecule has 128 valence electrons. The van der Waals surface area contributed by atoms with Gasteiger partial charge in [0.25, 0.3) is 11.8 Å². The monoisotopic (exact) mass is 350 g/mol. The third kappa shape index (κ3) is 4.26. The molecule has 0 radical (unpaired) electrons. The molecular formula is C16H19ClN4O3. The first kappa shape index (κ1) is 17.8. The van der Waals surface area contributed by atoms with Crippen LogP contribution < -0.4 is 10.1 Å². The molecule has 1 heterocycles. The van der Waals surface area contributed by atoms with E-state index in [-0.39, 0.29) is 18.4 Å². The van der Waals surface area contributed by atoms with Gasteiger partial charge in [0.2, 0.25) is 0 Å². The van der Waals surface area contributed by atoms with Gasteiger partial charge in [-0.05, 0) is 31.2 Å². The molecule has 1 N–H and O–H groups in total. The molecule has 2 aromatic rings. The first-order chi connectivity index (χ1) is 11.4. The van der Waals surface area contributed by atoms with E-state index in [2.05, 4.69) is 10.4 Å². The van der Waals surface area contributed by atoms with Crippen molar-refractivity contribution in [2.24, 2.45) is 0 Å². The van der Waals surface area contributed by atoms with Gasteiger partial charge < -0.3 is 15.0 Å². The highest BCUT2D eigenvalue weighted by molar-refractivity contribution is 6.30. The summed E-state index contributed by atoms with van der Waals surface area (Å²) < 4.78 is 6.92. The fourth-order valence-corrected chi connectivity index (χ4v) is 2.15. The van der Waals surface area contributed by atoms with Crippen molar-refractivity contribution in [2.75, 3.05) is 26.0 Å². The number of hydrogen-bond donors (Lipinski definition) is 1. The predicted molar refractivity (Wildman–Crippen MR) is 91.5 cm³/mol. The van der Waals surface area contributed by atoms with Crippen molar-refractivity contribution in [1.82, 2.24) is 14.7 Å². The van der Waals surface area contributed by atoms with E-state index < -0.39 is 0 Å². The maximum Gasteiger partial charge on any atom is 0.273 e. The Morgan fingerprint density at radius 2 is 1.96 bits per heavy atom. The van der Waals surface area contributed by atoms with Gasteiger partial charge in [-0.25, -0.2) is 0 Å². The number of nitrogens with one attached hydrogen (secondary N) is 1. The molecule has 0 aliphatic carbocycles. The fraction of sp³-hybridized carbons (Fsp3) is 0.312. The molecule has 0 bridgehead atoms. The van der Waals surface area contributed by atoms with Crippen molar-refractivity contribution in [3.63, 3.8) is 0 Å². The quantitative estimate of drug-likeness (QED) is 0.867. The van der Waals surface area contributed by atoms with E-state index in [4.69, 9.17) is 16.3 Å². The number of carbonyl (C=O) groups is 2. The molecule has 2 rings (SSSR count). The lowest BCUT2D eigenvalue weighted by Crippen LogP contribution is -2.27. The van der Waals surface area contributed by atoms with Gasteiger partial charge in [0.1, 0.15) is 11.4 Å². The van der Waals surface area contributed by atoms with Gasteiger partial charge in [0.15, 0.2) is 6.61 Å². The summed E-state index contributed by atoms with van der Waals surface area (Å²) in [7, 11) is 3.29. The predicted octanol–water partition coefficient (Wildman–Crippen LogP) is 2.28. The highest BCUT2D eigenvalue weighted by Gasteiger charge is 2.21. The second kappa shape index (κ2) is 7.83. The van der Waals surface area contributed by atoms with Crippen LogP contribution >= 0.6 is 11.6 Å². The van der Waals surface area contributed by atoms with Crippen molar-refractivity contribution in [3.05, 3.63) is 41.2 Å². The number of carbonyl (C=O) groups excluding carboxylic acids is 2. The van der Waals surface area contributed by atoms with Gasteiger partial charge in [0.05, 0.1) is 11.9 Å². The van der Waals surface area contributed by atoms with Crippen LogP contribution in [0.5, 0.6) is 5.75 Å². The minimum absolute atomic E-state index is 0.186. The highest BCUT2D eigenvalue weighted by Crippen LogP contribution is 2.18. The van der Waals surface area contributed by atoms with Gasteiger partial charge in [0, 0.05) is 25.7 Å². The number of anilines is 1. The van der Waals surface area contributed by atoms with Crippen LogP contribution in [0.15, 0.2) is 30.5 Å². The summed E-state index contributed by atoms with van der Waals surface area (Å²) in [5, 5.41) is 7.37. The van der Waals surface area contributed by atoms with E-state index in [0.29, 0.717) is 28.7 Å². The number of nitrogens with zero attached hydrogens (tertiary/aromatic N) is 3. The Labute approximate surface area is 145 Å². The van der Waals surface area contributed by atoms with Crippen LogP contribution in [0.1, 0.15) is 17.4 Å². The molecule has 1 aromatic heterocycles. The number of aryl methyl sites for hydroxylation is 1. The zero-order chi connectivity index (χ0) is 17.7. The van der Waals surface area contributed by atoms with Crippen molar-refractivity contribution >= 4 is 29.1 Å². The van der Waals surface area contributed by atoms with Crippen molar-refractivity contribution in [3.8, 4) is 5.75 Å². The minimum atomic E-state index is -0.381. The van der Waals surface area contributed by atoms with E-state index in [1.54, 1.807) is 38.4 Å². The summed E-state index contributed by atoms with van der Waals surface area (Å²) in [5.74, 6) is -0.0833. The van der Waals surface area contributed by atoms with Crippen molar-refractivity contribution in [1.29, 1.82) is 0 Å². The molecular weight excluding hydrogens is 332 g/mol. The van der Waals surface area contributed by atoms with Crippen LogP contribution in [-0.2, 0) is 11.3 Å². The maximum absolute atomic E-state index is 12.3. The van der Waals surface area contributed by atoms with Crippen molar-refractivity contribution < 1.29 is 14.3 Å². The second-order valence-electron chi connectivity index (χ2n) is 5.21. The first-order valence-electron chi connectivity index (χ1n) is 7.38. The lowest BCUT2D eigenvalue weighted by Gasteiger charge is -2.13. The Hall–Kier alpha value is -2.54. The van der Waals surface area contributed by atoms with Crippen LogP contribution in [0.3, 0.4) is 0 Å². The van der Waals surface area contributed by atoms with E-state index in [1.165, 1.54) is 15.8 Å². The molecule has 0 saturated heterocycles. The number of halogens is 1. The molecule has 0 unspecified atom stereocenters. The van der Waals surface area contributed by atoms with Crippen LogP contribution in [-0.4, -0.2) is 47.2 Å². The number of aromatic nitrogens is 2. The summed E-state index contributed by atoms with van der Waals surface area (Å²) in [5.41, 5.74) is 0.697. The average Bonchev–Trinajstić information content (AvgIpc) is 2.96. The van der Waals surface area contributed by atoms with E-state index in [9.17, 15) is 9.59 Å². The topological polar surface area (TPSA) is 76.5 Å². The molecule has 24 heavy (non-hydrogen) atoms. The third-order valence-corrected chi connectivity index (χ3v) is 3.46. The van der Waals surface area contributed by atoms with Gasteiger partial charge in [-0.15, -0.1) is 0 Å². The zero-order valence-corrected chi connectivity index (χ0v) is 14.5. The minimum Gasteiger partial charge on any atom is -0.484 e. The van der Waals surface area contributed by atoms with Crippen LogP contribution in [0.25, 0.3) is 0 Å². The number of benzene rings is 1. The Morgan fingerprint density at radius 1 is 1.29 bits per heavy atom. The molecule has 0 atom stereocenters. The fourth-order valence-electron chi connectivity index (χ4n) is 2.02. The largest absolute Gasteiger partial charge is 0.484 e. The summed E-state index contributed by atoms with van der Waals surface area (Å²) in [6, 6.07) is 6.69.